The Hall–Kier alpha value is -2.16. The van der Waals surface area contributed by atoms with E-state index in [1.54, 1.807) is 6.92 Å². The van der Waals surface area contributed by atoms with E-state index in [-0.39, 0.29) is 18.5 Å². The van der Waals surface area contributed by atoms with E-state index in [4.69, 9.17) is 4.74 Å². The highest BCUT2D eigenvalue weighted by Gasteiger charge is 2.30. The topological polar surface area (TPSA) is 83.1 Å². The standard InChI is InChI=1S/C18H24N4O3S/c1-4-21(10-11-23)15(13-8-6-7-9-14(13)25-5-2)16-17(24)22-18(26-16)19-12(3)20-22/h6-9,15,23-24H,4-5,10-11H2,1-3H3. The molecule has 0 aliphatic heterocycles. The second kappa shape index (κ2) is 8.03. The zero-order valence-corrected chi connectivity index (χ0v) is 16.0. The van der Waals surface area contributed by atoms with Crippen molar-refractivity contribution < 1.29 is 14.9 Å². The highest BCUT2D eigenvalue weighted by Crippen LogP contribution is 2.42. The zero-order chi connectivity index (χ0) is 18.7. The molecule has 1 unspecified atom stereocenters. The van der Waals surface area contributed by atoms with Crippen molar-refractivity contribution in [1.29, 1.82) is 0 Å². The lowest BCUT2D eigenvalue weighted by molar-refractivity contribution is 0.171. The van der Waals surface area contributed by atoms with Gasteiger partial charge in [-0.3, -0.25) is 4.90 Å². The molecule has 140 valence electrons. The Morgan fingerprint density at radius 2 is 2.08 bits per heavy atom. The quantitative estimate of drug-likeness (QED) is 0.629. The van der Waals surface area contributed by atoms with E-state index in [0.717, 1.165) is 16.2 Å². The first-order valence-corrected chi connectivity index (χ1v) is 9.53. The molecule has 0 aliphatic rings. The van der Waals surface area contributed by atoms with E-state index in [9.17, 15) is 10.2 Å². The van der Waals surface area contributed by atoms with E-state index in [1.807, 2.05) is 38.1 Å². The molecule has 8 heteroatoms. The molecule has 0 fully saturated rings. The van der Waals surface area contributed by atoms with Gasteiger partial charge in [-0.1, -0.05) is 36.5 Å². The summed E-state index contributed by atoms with van der Waals surface area (Å²) >= 11 is 1.40. The van der Waals surface area contributed by atoms with Gasteiger partial charge in [-0.25, -0.2) is 4.98 Å². The lowest BCUT2D eigenvalue weighted by Crippen LogP contribution is -2.32. The molecule has 1 aromatic carbocycles. The number of likely N-dealkylation sites (N-methyl/N-ethyl adjacent to an activating group) is 1. The number of nitrogens with zero attached hydrogens (tertiary/aromatic N) is 4. The van der Waals surface area contributed by atoms with Gasteiger partial charge in [0.2, 0.25) is 10.8 Å². The summed E-state index contributed by atoms with van der Waals surface area (Å²) in [6.45, 7) is 7.54. The zero-order valence-electron chi connectivity index (χ0n) is 15.2. The molecule has 0 spiro atoms. The number of hydrogen-bond acceptors (Lipinski definition) is 7. The Balaban J connectivity index is 2.17. The predicted octanol–water partition coefficient (Wildman–Crippen LogP) is 2.61. The highest BCUT2D eigenvalue weighted by molar-refractivity contribution is 7.17. The van der Waals surface area contributed by atoms with Gasteiger partial charge < -0.3 is 14.9 Å². The van der Waals surface area contributed by atoms with Gasteiger partial charge in [0.1, 0.15) is 11.6 Å². The van der Waals surface area contributed by atoms with Crippen LogP contribution in [-0.2, 0) is 0 Å². The van der Waals surface area contributed by atoms with Crippen LogP contribution >= 0.6 is 11.3 Å². The molecule has 0 bridgehead atoms. The van der Waals surface area contributed by atoms with Crippen LogP contribution in [0.15, 0.2) is 24.3 Å². The van der Waals surface area contributed by atoms with Crippen LogP contribution in [0.5, 0.6) is 11.6 Å². The first kappa shape index (κ1) is 18.6. The lowest BCUT2D eigenvalue weighted by atomic mass is 10.0. The summed E-state index contributed by atoms with van der Waals surface area (Å²) in [5.74, 6) is 1.47. The van der Waals surface area contributed by atoms with Gasteiger partial charge >= 0.3 is 0 Å². The van der Waals surface area contributed by atoms with Crippen LogP contribution in [0.3, 0.4) is 0 Å². The first-order chi connectivity index (χ1) is 12.6. The monoisotopic (exact) mass is 376 g/mol. The summed E-state index contributed by atoms with van der Waals surface area (Å²) in [4.78, 5) is 7.86. The molecular weight excluding hydrogens is 352 g/mol. The normalized spacial score (nSPS) is 12.8. The molecule has 0 saturated carbocycles. The smallest absolute Gasteiger partial charge is 0.230 e. The molecule has 0 radical (unpaired) electrons. The molecule has 1 atom stereocenters. The molecule has 2 N–H and O–H groups in total. The fourth-order valence-corrected chi connectivity index (χ4v) is 4.28. The van der Waals surface area contributed by atoms with Crippen LogP contribution in [0.1, 0.15) is 36.2 Å². The summed E-state index contributed by atoms with van der Waals surface area (Å²) in [6.07, 6.45) is 0. The first-order valence-electron chi connectivity index (χ1n) is 8.72. The molecule has 0 saturated heterocycles. The summed E-state index contributed by atoms with van der Waals surface area (Å²) < 4.78 is 7.29. The molecule has 2 aromatic heterocycles. The number of aliphatic hydroxyl groups is 1. The number of benzene rings is 1. The van der Waals surface area contributed by atoms with Crippen molar-refractivity contribution in [3.05, 3.63) is 40.5 Å². The second-order valence-corrected chi connectivity index (χ2v) is 6.88. The Labute approximate surface area is 156 Å². The maximum atomic E-state index is 10.8. The Bertz CT molecular complexity index is 877. The number of rotatable bonds is 8. The number of para-hydroxylation sites is 1. The predicted molar refractivity (Wildman–Crippen MR) is 101 cm³/mol. The van der Waals surface area contributed by atoms with E-state index >= 15 is 0 Å². The molecule has 3 rings (SSSR count). The summed E-state index contributed by atoms with van der Waals surface area (Å²) in [5.41, 5.74) is 0.946. The fraction of sp³-hybridized carbons (Fsp3) is 0.444. The van der Waals surface area contributed by atoms with Gasteiger partial charge in [0, 0.05) is 12.1 Å². The third kappa shape index (κ3) is 3.40. The van der Waals surface area contributed by atoms with Gasteiger partial charge in [-0.05, 0) is 26.5 Å². The molecule has 0 amide bonds. The van der Waals surface area contributed by atoms with Crippen LogP contribution in [-0.4, -0.2) is 56.0 Å². The number of ether oxygens (including phenoxy) is 1. The summed E-state index contributed by atoms with van der Waals surface area (Å²) in [7, 11) is 0. The number of aromatic nitrogens is 3. The van der Waals surface area contributed by atoms with Crippen LogP contribution in [0, 0.1) is 6.92 Å². The van der Waals surface area contributed by atoms with Crippen LogP contribution in [0.25, 0.3) is 4.96 Å². The van der Waals surface area contributed by atoms with Gasteiger partial charge in [0.15, 0.2) is 0 Å². The fourth-order valence-electron chi connectivity index (χ4n) is 3.12. The summed E-state index contributed by atoms with van der Waals surface area (Å²) in [5, 5.41) is 24.6. The van der Waals surface area contributed by atoms with Crippen molar-refractivity contribution >= 4 is 16.3 Å². The van der Waals surface area contributed by atoms with Gasteiger partial charge in [-0.2, -0.15) is 4.52 Å². The van der Waals surface area contributed by atoms with Crippen molar-refractivity contribution in [1.82, 2.24) is 19.5 Å². The minimum atomic E-state index is -0.260. The number of hydrogen-bond donors (Lipinski definition) is 2. The number of thiazole rings is 1. The Kier molecular flexibility index (Phi) is 5.75. The SMILES string of the molecule is CCOc1ccccc1C(c1sc2nc(C)nn2c1O)N(CC)CCO. The molecule has 26 heavy (non-hydrogen) atoms. The minimum Gasteiger partial charge on any atom is -0.494 e. The van der Waals surface area contributed by atoms with E-state index in [2.05, 4.69) is 15.0 Å². The van der Waals surface area contributed by atoms with E-state index in [1.165, 1.54) is 15.9 Å². The maximum Gasteiger partial charge on any atom is 0.230 e. The number of aromatic hydroxyl groups is 1. The van der Waals surface area contributed by atoms with Crippen molar-refractivity contribution in [2.45, 2.75) is 26.8 Å². The molecular formula is C18H24N4O3S. The summed E-state index contributed by atoms with van der Waals surface area (Å²) in [6, 6.07) is 7.55. The number of fused-ring (bicyclic) bond motifs is 1. The molecule has 2 heterocycles. The maximum absolute atomic E-state index is 10.8. The molecule has 0 aliphatic carbocycles. The Morgan fingerprint density at radius 1 is 1.31 bits per heavy atom. The Morgan fingerprint density at radius 3 is 2.73 bits per heavy atom. The third-order valence-electron chi connectivity index (χ3n) is 4.23. The van der Waals surface area contributed by atoms with Crippen molar-refractivity contribution in [3.63, 3.8) is 0 Å². The van der Waals surface area contributed by atoms with Crippen molar-refractivity contribution in [2.75, 3.05) is 26.3 Å². The van der Waals surface area contributed by atoms with E-state index < -0.39 is 0 Å². The average Bonchev–Trinajstić information content (AvgIpc) is 3.14. The van der Waals surface area contributed by atoms with Crippen molar-refractivity contribution in [2.24, 2.45) is 0 Å². The van der Waals surface area contributed by atoms with Crippen LogP contribution in [0.2, 0.25) is 0 Å². The highest BCUT2D eigenvalue weighted by atomic mass is 32.1. The largest absolute Gasteiger partial charge is 0.494 e. The molecule has 7 nitrogen and oxygen atoms in total. The van der Waals surface area contributed by atoms with Gasteiger partial charge in [0.05, 0.1) is 24.1 Å². The van der Waals surface area contributed by atoms with Crippen LogP contribution in [0.4, 0.5) is 0 Å². The number of aryl methyl sites for hydroxylation is 1. The average molecular weight is 376 g/mol. The lowest BCUT2D eigenvalue weighted by Gasteiger charge is -2.30. The van der Waals surface area contributed by atoms with Crippen LogP contribution < -0.4 is 4.74 Å². The van der Waals surface area contributed by atoms with Gasteiger partial charge in [-0.15, -0.1) is 5.10 Å². The number of aliphatic hydroxyl groups excluding tert-OH is 1. The van der Waals surface area contributed by atoms with Crippen molar-refractivity contribution in [3.8, 4) is 11.6 Å². The van der Waals surface area contributed by atoms with E-state index in [0.29, 0.717) is 30.5 Å². The second-order valence-electron chi connectivity index (χ2n) is 5.87. The third-order valence-corrected chi connectivity index (χ3v) is 5.30. The molecule has 3 aromatic rings. The van der Waals surface area contributed by atoms with Gasteiger partial charge in [0.25, 0.3) is 0 Å². The minimum absolute atomic E-state index is 0.0295.